The van der Waals surface area contributed by atoms with Crippen molar-refractivity contribution in [1.29, 1.82) is 0 Å². The molecule has 3 aliphatic rings. The quantitative estimate of drug-likeness (QED) is 0.382. The molecule has 2 amide bonds. The van der Waals surface area contributed by atoms with Crippen LogP contribution in [0, 0.1) is 21.7 Å². The highest BCUT2D eigenvalue weighted by Gasteiger charge is 2.65. The summed E-state index contributed by atoms with van der Waals surface area (Å²) in [6, 6.07) is 4.21. The van der Waals surface area contributed by atoms with Crippen molar-refractivity contribution in [2.75, 3.05) is 42.5 Å². The summed E-state index contributed by atoms with van der Waals surface area (Å²) in [6.07, 6.45) is 2.99. The highest BCUT2D eigenvalue weighted by Crippen LogP contribution is 2.54. The molecule has 2 aliphatic heterocycles. The van der Waals surface area contributed by atoms with Crippen LogP contribution >= 0.6 is 0 Å². The lowest BCUT2D eigenvalue weighted by atomic mass is 10.2. The molecule has 1 aromatic carbocycles. The number of furan rings is 1. The van der Waals surface area contributed by atoms with Gasteiger partial charge in [-0.2, -0.15) is 0 Å². The molecule has 0 unspecified atom stereocenters. The molecule has 14 nitrogen and oxygen atoms in total. The zero-order valence-corrected chi connectivity index (χ0v) is 19.6. The number of carbonyl (C=O) groups is 2. The van der Waals surface area contributed by atoms with Gasteiger partial charge in [0.25, 0.3) is 0 Å². The Balaban J connectivity index is 1.15. The van der Waals surface area contributed by atoms with Crippen LogP contribution in [0.3, 0.4) is 0 Å². The normalized spacial score (nSPS) is 23.1. The number of aromatic nitrogens is 3. The Bertz CT molecular complexity index is 1410. The van der Waals surface area contributed by atoms with E-state index in [9.17, 15) is 19.7 Å². The maximum absolute atomic E-state index is 15.3. The lowest BCUT2D eigenvalue weighted by molar-refractivity contribution is -0.402. The summed E-state index contributed by atoms with van der Waals surface area (Å²) >= 11 is 0. The molecule has 1 N–H and O–H groups in total. The molecule has 2 saturated heterocycles. The molecule has 3 aromatic rings. The first-order valence-electron chi connectivity index (χ1n) is 11.7. The Morgan fingerprint density at radius 1 is 1.21 bits per heavy atom. The van der Waals surface area contributed by atoms with E-state index < -0.39 is 40.0 Å². The number of ether oxygens (including phenoxy) is 1. The van der Waals surface area contributed by atoms with Crippen LogP contribution in [0.1, 0.15) is 23.0 Å². The van der Waals surface area contributed by atoms with Gasteiger partial charge in [0.05, 0.1) is 37.1 Å². The summed E-state index contributed by atoms with van der Waals surface area (Å²) in [7, 11) is 0. The van der Waals surface area contributed by atoms with Gasteiger partial charge in [0, 0.05) is 44.4 Å². The van der Waals surface area contributed by atoms with E-state index >= 15 is 8.78 Å². The summed E-state index contributed by atoms with van der Waals surface area (Å²) in [6.45, 7) is 0.496. The van der Waals surface area contributed by atoms with Gasteiger partial charge in [-0.15, -0.1) is 5.10 Å². The Hall–Kier alpha value is -4.60. The first-order valence-corrected chi connectivity index (χ1v) is 11.7. The molecular weight excluding hydrogens is 510 g/mol. The van der Waals surface area contributed by atoms with Crippen LogP contribution in [0.15, 0.2) is 41.1 Å². The minimum atomic E-state index is -0.876. The number of anilines is 2. The number of nitro groups is 1. The average Bonchev–Trinajstić information content (AvgIpc) is 3.24. The SMILES string of the molecule is O=C(c1ccc([N+](=O)[O-])o1)N1CCN(c2c(F)cc(N3C[C@]4(C[C@@H]4n4ccnn4)OC3=O)cc2F)CCN1. The van der Waals surface area contributed by atoms with Crippen LogP contribution in [0.2, 0.25) is 0 Å². The molecule has 2 aromatic heterocycles. The van der Waals surface area contributed by atoms with E-state index in [2.05, 4.69) is 15.7 Å². The smallest absolute Gasteiger partial charge is 0.433 e. The van der Waals surface area contributed by atoms with Crippen LogP contribution in [0.25, 0.3) is 0 Å². The van der Waals surface area contributed by atoms with Crippen molar-refractivity contribution in [2.45, 2.75) is 18.1 Å². The number of hydrazine groups is 1. The van der Waals surface area contributed by atoms with Crippen molar-refractivity contribution < 1.29 is 32.4 Å². The lowest BCUT2D eigenvalue weighted by Gasteiger charge is -2.25. The second-order valence-corrected chi connectivity index (χ2v) is 9.13. The van der Waals surface area contributed by atoms with E-state index in [1.54, 1.807) is 10.9 Å². The van der Waals surface area contributed by atoms with Crippen molar-refractivity contribution in [3.05, 3.63) is 64.2 Å². The fourth-order valence-electron chi connectivity index (χ4n) is 4.87. The predicted molar refractivity (Wildman–Crippen MR) is 123 cm³/mol. The highest BCUT2D eigenvalue weighted by molar-refractivity contribution is 5.92. The second-order valence-electron chi connectivity index (χ2n) is 9.13. The molecule has 1 spiro atoms. The zero-order valence-electron chi connectivity index (χ0n) is 19.6. The van der Waals surface area contributed by atoms with Crippen LogP contribution in [0.5, 0.6) is 0 Å². The van der Waals surface area contributed by atoms with Gasteiger partial charge >= 0.3 is 17.9 Å². The molecule has 6 rings (SSSR count). The third-order valence-corrected chi connectivity index (χ3v) is 6.82. The van der Waals surface area contributed by atoms with Gasteiger partial charge in [-0.05, 0) is 6.07 Å². The predicted octanol–water partition coefficient (Wildman–Crippen LogP) is 1.86. The minimum absolute atomic E-state index is 0.0125. The third-order valence-electron chi connectivity index (χ3n) is 6.82. The van der Waals surface area contributed by atoms with Gasteiger partial charge in [-0.25, -0.2) is 23.7 Å². The fourth-order valence-corrected chi connectivity index (χ4v) is 4.87. The average molecular weight is 530 g/mol. The molecule has 2 atom stereocenters. The fraction of sp³-hybridized carbons (Fsp3) is 0.364. The van der Waals surface area contributed by atoms with Gasteiger partial charge in [-0.3, -0.25) is 24.8 Å². The summed E-state index contributed by atoms with van der Waals surface area (Å²) < 4.78 is 42.6. The third kappa shape index (κ3) is 3.98. The van der Waals surface area contributed by atoms with E-state index in [4.69, 9.17) is 9.15 Å². The Kier molecular flexibility index (Phi) is 5.48. The van der Waals surface area contributed by atoms with Gasteiger partial charge in [0.1, 0.15) is 10.6 Å². The number of halogens is 2. The Labute approximate surface area is 212 Å². The standard InChI is InChI=1S/C22H20F2N8O6/c23-14-9-13(29-12-22(38-21(29)34)11-17(22)30-6-3-25-27-30)10-15(24)19(14)28-5-4-26-31(8-7-28)20(33)16-1-2-18(37-16)32(35)36/h1-3,6,9-10,17,26H,4-5,7-8,11-12H2/t17-,22-/m0/s1. The highest BCUT2D eigenvalue weighted by atomic mass is 19.1. The van der Waals surface area contributed by atoms with Crippen molar-refractivity contribution in [3.8, 4) is 0 Å². The molecule has 16 heteroatoms. The van der Waals surface area contributed by atoms with Crippen LogP contribution in [0.4, 0.5) is 30.8 Å². The Morgan fingerprint density at radius 2 is 2.00 bits per heavy atom. The summed E-state index contributed by atoms with van der Waals surface area (Å²) in [5, 5.41) is 19.7. The van der Waals surface area contributed by atoms with Crippen LogP contribution < -0.4 is 15.2 Å². The van der Waals surface area contributed by atoms with Crippen molar-refractivity contribution in [2.24, 2.45) is 0 Å². The van der Waals surface area contributed by atoms with E-state index in [1.807, 2.05) is 0 Å². The number of amides is 2. The van der Waals surface area contributed by atoms with Gasteiger partial charge in [0.2, 0.25) is 5.76 Å². The second kappa shape index (κ2) is 8.76. The first kappa shape index (κ1) is 23.8. The van der Waals surface area contributed by atoms with Gasteiger partial charge < -0.3 is 14.1 Å². The summed E-state index contributed by atoms with van der Waals surface area (Å²) in [4.78, 5) is 37.9. The first-order chi connectivity index (χ1) is 18.3. The molecular formula is C22H20F2N8O6. The maximum atomic E-state index is 15.3. The zero-order chi connectivity index (χ0) is 26.6. The number of hydrogen-bond donors (Lipinski definition) is 1. The number of nitrogens with one attached hydrogen (secondary N) is 1. The minimum Gasteiger partial charge on any atom is -0.438 e. The van der Waals surface area contributed by atoms with Crippen molar-refractivity contribution in [1.82, 2.24) is 25.4 Å². The molecule has 38 heavy (non-hydrogen) atoms. The van der Waals surface area contributed by atoms with Crippen molar-refractivity contribution >= 4 is 29.3 Å². The van der Waals surface area contributed by atoms with E-state index in [1.165, 1.54) is 27.1 Å². The molecule has 1 aliphatic carbocycles. The molecule has 4 heterocycles. The molecule has 1 saturated carbocycles. The molecule has 0 bridgehead atoms. The Morgan fingerprint density at radius 3 is 2.68 bits per heavy atom. The summed E-state index contributed by atoms with van der Waals surface area (Å²) in [5.74, 6) is -3.21. The van der Waals surface area contributed by atoms with E-state index in [0.29, 0.717) is 6.42 Å². The molecule has 198 valence electrons. The van der Waals surface area contributed by atoms with Gasteiger partial charge in [-0.1, -0.05) is 5.21 Å². The summed E-state index contributed by atoms with van der Waals surface area (Å²) in [5.41, 5.74) is 1.74. The van der Waals surface area contributed by atoms with Crippen LogP contribution in [-0.4, -0.2) is 75.3 Å². The maximum Gasteiger partial charge on any atom is 0.433 e. The van der Waals surface area contributed by atoms with Gasteiger partial charge in [0.15, 0.2) is 17.2 Å². The largest absolute Gasteiger partial charge is 0.438 e. The van der Waals surface area contributed by atoms with Crippen molar-refractivity contribution in [3.63, 3.8) is 0 Å². The number of hydrogen-bond acceptors (Lipinski definition) is 10. The van der Waals surface area contributed by atoms with Crippen LogP contribution in [-0.2, 0) is 4.74 Å². The number of nitrogens with zero attached hydrogens (tertiary/aromatic N) is 7. The monoisotopic (exact) mass is 530 g/mol. The van der Waals surface area contributed by atoms with E-state index in [0.717, 1.165) is 18.2 Å². The topological polar surface area (TPSA) is 152 Å². The molecule has 0 radical (unpaired) electrons. The lowest BCUT2D eigenvalue weighted by Crippen LogP contribution is -2.43. The number of benzene rings is 1. The van der Waals surface area contributed by atoms with E-state index in [-0.39, 0.29) is 55.9 Å². The molecule has 3 fully saturated rings. The number of carbonyl (C=O) groups excluding carboxylic acids is 2. The number of rotatable bonds is 5.